The Morgan fingerprint density at radius 3 is 2.68 bits per heavy atom. The summed E-state index contributed by atoms with van der Waals surface area (Å²) in [7, 11) is 1.41. The van der Waals surface area contributed by atoms with Crippen LogP contribution in [0.5, 0.6) is 11.5 Å². The molecular formula is C28H27BrN4O5. The molecule has 0 aliphatic carbocycles. The van der Waals surface area contributed by atoms with Crippen molar-refractivity contribution in [3.05, 3.63) is 102 Å². The van der Waals surface area contributed by atoms with Crippen molar-refractivity contribution in [1.29, 1.82) is 0 Å². The van der Waals surface area contributed by atoms with E-state index in [4.69, 9.17) is 9.47 Å². The van der Waals surface area contributed by atoms with Gasteiger partial charge in [-0.05, 0) is 43.2 Å². The summed E-state index contributed by atoms with van der Waals surface area (Å²) in [5.41, 5.74) is 2.28. The first-order valence-electron chi connectivity index (χ1n) is 12.0. The maximum absolute atomic E-state index is 13.4. The predicted molar refractivity (Wildman–Crippen MR) is 151 cm³/mol. The Balaban J connectivity index is 1.77. The van der Waals surface area contributed by atoms with Gasteiger partial charge in [0.2, 0.25) is 5.75 Å². The van der Waals surface area contributed by atoms with Gasteiger partial charge in [-0.3, -0.25) is 14.9 Å². The summed E-state index contributed by atoms with van der Waals surface area (Å²) in [6.07, 6.45) is 2.13. The molecule has 4 rings (SSSR count). The number of halogens is 1. The Morgan fingerprint density at radius 2 is 2.00 bits per heavy atom. The van der Waals surface area contributed by atoms with Crippen molar-refractivity contribution in [2.45, 2.75) is 39.7 Å². The number of methoxy groups -OCH3 is 1. The number of aromatic nitrogens is 2. The van der Waals surface area contributed by atoms with Gasteiger partial charge in [0.25, 0.3) is 5.56 Å². The van der Waals surface area contributed by atoms with E-state index >= 15 is 0 Å². The Bertz CT molecular complexity index is 1600. The summed E-state index contributed by atoms with van der Waals surface area (Å²) < 4.78 is 13.3. The molecule has 0 saturated heterocycles. The van der Waals surface area contributed by atoms with Crippen LogP contribution in [0.4, 0.5) is 5.69 Å². The van der Waals surface area contributed by atoms with Gasteiger partial charge in [0, 0.05) is 22.0 Å². The van der Waals surface area contributed by atoms with Crippen molar-refractivity contribution in [3.63, 3.8) is 0 Å². The van der Waals surface area contributed by atoms with Gasteiger partial charge >= 0.3 is 5.69 Å². The topological polar surface area (TPSA) is 109 Å². The van der Waals surface area contributed by atoms with Crippen molar-refractivity contribution in [2.24, 2.45) is 5.10 Å². The molecule has 0 spiro atoms. The highest BCUT2D eigenvalue weighted by atomic mass is 79.9. The zero-order valence-corrected chi connectivity index (χ0v) is 23.1. The Labute approximate surface area is 228 Å². The number of nitro groups is 1. The van der Waals surface area contributed by atoms with Crippen molar-refractivity contribution >= 4 is 38.7 Å². The highest BCUT2D eigenvalue weighted by Gasteiger charge is 2.23. The number of benzene rings is 3. The van der Waals surface area contributed by atoms with Gasteiger partial charge in [-0.1, -0.05) is 59.6 Å². The lowest BCUT2D eigenvalue weighted by molar-refractivity contribution is -0.386. The highest BCUT2D eigenvalue weighted by molar-refractivity contribution is 9.10. The third-order valence-electron chi connectivity index (χ3n) is 6.15. The van der Waals surface area contributed by atoms with Crippen LogP contribution in [0.1, 0.15) is 48.7 Å². The van der Waals surface area contributed by atoms with Crippen LogP contribution >= 0.6 is 15.9 Å². The smallest absolute Gasteiger partial charge is 0.315 e. The van der Waals surface area contributed by atoms with Crippen molar-refractivity contribution in [1.82, 2.24) is 9.66 Å². The van der Waals surface area contributed by atoms with Crippen LogP contribution in [-0.2, 0) is 6.61 Å². The summed E-state index contributed by atoms with van der Waals surface area (Å²) in [5.74, 6) is 0.659. The lowest BCUT2D eigenvalue weighted by atomic mass is 10.1. The monoisotopic (exact) mass is 578 g/mol. The molecule has 196 valence electrons. The van der Waals surface area contributed by atoms with Crippen molar-refractivity contribution in [3.8, 4) is 11.5 Å². The molecule has 0 aliphatic heterocycles. The summed E-state index contributed by atoms with van der Waals surface area (Å²) in [6.45, 7) is 6.06. The van der Waals surface area contributed by atoms with Gasteiger partial charge in [0.1, 0.15) is 12.4 Å². The van der Waals surface area contributed by atoms with Gasteiger partial charge in [-0.15, -0.1) is 0 Å². The number of rotatable bonds is 9. The highest BCUT2D eigenvalue weighted by Crippen LogP contribution is 2.38. The molecule has 0 bridgehead atoms. The molecule has 1 atom stereocenters. The van der Waals surface area contributed by atoms with Crippen LogP contribution in [0.2, 0.25) is 0 Å². The van der Waals surface area contributed by atoms with Crippen LogP contribution in [0.15, 0.2) is 69.0 Å². The van der Waals surface area contributed by atoms with E-state index in [-0.39, 0.29) is 35.3 Å². The van der Waals surface area contributed by atoms with E-state index in [1.165, 1.54) is 24.1 Å². The van der Waals surface area contributed by atoms with Crippen LogP contribution in [0, 0.1) is 17.0 Å². The summed E-state index contributed by atoms with van der Waals surface area (Å²) in [6, 6.07) is 15.9. The molecule has 0 N–H and O–H groups in total. The molecule has 10 heteroatoms. The van der Waals surface area contributed by atoms with Gasteiger partial charge in [-0.2, -0.15) is 9.78 Å². The number of fused-ring (bicyclic) bond motifs is 1. The van der Waals surface area contributed by atoms with E-state index in [0.29, 0.717) is 22.3 Å². The van der Waals surface area contributed by atoms with E-state index in [0.717, 1.165) is 22.0 Å². The van der Waals surface area contributed by atoms with Gasteiger partial charge < -0.3 is 9.47 Å². The van der Waals surface area contributed by atoms with E-state index in [2.05, 4.69) is 26.0 Å². The standard InChI is InChI=1S/C28H27BrN4O5/c1-5-18(3)27-31-23-10-9-21(29)14-22(23)28(34)32(27)30-15-20-12-24(33(35)36)26(25(13-20)37-4)38-16-19-8-6-7-17(2)11-19/h6-15,18H,5,16H2,1-4H3/t18-/m0/s1. The number of hydrogen-bond donors (Lipinski definition) is 0. The van der Waals surface area contributed by atoms with Crippen molar-refractivity contribution in [2.75, 3.05) is 7.11 Å². The fraction of sp³-hybridized carbons (Fsp3) is 0.250. The fourth-order valence-electron chi connectivity index (χ4n) is 3.98. The van der Waals surface area contributed by atoms with Crippen LogP contribution in [-0.4, -0.2) is 27.9 Å². The van der Waals surface area contributed by atoms with Gasteiger partial charge in [0.15, 0.2) is 5.75 Å². The second kappa shape index (κ2) is 11.6. The Hall–Kier alpha value is -4.05. The van der Waals surface area contributed by atoms with E-state index in [1.807, 2.05) is 51.1 Å². The minimum absolute atomic E-state index is 0.0193. The number of aryl methyl sites for hydroxylation is 1. The SMILES string of the molecule is CC[C@H](C)c1nc2ccc(Br)cc2c(=O)n1N=Cc1cc(OC)c(OCc2cccc(C)c2)c([N+](=O)[O-])c1. The molecule has 0 aliphatic rings. The molecule has 1 heterocycles. The van der Waals surface area contributed by atoms with E-state index in [1.54, 1.807) is 18.2 Å². The first-order valence-corrected chi connectivity index (χ1v) is 12.8. The van der Waals surface area contributed by atoms with Crippen LogP contribution in [0.3, 0.4) is 0 Å². The van der Waals surface area contributed by atoms with Crippen LogP contribution in [0.25, 0.3) is 10.9 Å². The summed E-state index contributed by atoms with van der Waals surface area (Å²) in [4.78, 5) is 29.5. The van der Waals surface area contributed by atoms with Gasteiger partial charge in [-0.25, -0.2) is 4.98 Å². The molecule has 1 aromatic heterocycles. The molecule has 0 amide bonds. The maximum atomic E-state index is 13.4. The zero-order valence-electron chi connectivity index (χ0n) is 21.5. The molecule has 3 aromatic carbocycles. The zero-order chi connectivity index (χ0) is 27.4. The quantitative estimate of drug-likeness (QED) is 0.130. The third kappa shape index (κ3) is 5.75. The molecule has 0 saturated carbocycles. The third-order valence-corrected chi connectivity index (χ3v) is 6.64. The van der Waals surface area contributed by atoms with Crippen molar-refractivity contribution < 1.29 is 14.4 Å². The fourth-order valence-corrected chi connectivity index (χ4v) is 4.34. The van der Waals surface area contributed by atoms with E-state index < -0.39 is 4.92 Å². The second-order valence-corrected chi connectivity index (χ2v) is 9.82. The summed E-state index contributed by atoms with van der Waals surface area (Å²) in [5, 5.41) is 16.8. The molecule has 0 unspecified atom stereocenters. The minimum Gasteiger partial charge on any atom is -0.493 e. The summed E-state index contributed by atoms with van der Waals surface area (Å²) >= 11 is 3.40. The largest absolute Gasteiger partial charge is 0.493 e. The number of hydrogen-bond acceptors (Lipinski definition) is 7. The first kappa shape index (κ1) is 27.0. The maximum Gasteiger partial charge on any atom is 0.315 e. The average Bonchev–Trinajstić information content (AvgIpc) is 2.90. The van der Waals surface area contributed by atoms with Crippen LogP contribution < -0.4 is 15.0 Å². The molecule has 38 heavy (non-hydrogen) atoms. The average molecular weight is 579 g/mol. The molecule has 9 nitrogen and oxygen atoms in total. The minimum atomic E-state index is -0.530. The predicted octanol–water partition coefficient (Wildman–Crippen LogP) is 6.36. The second-order valence-electron chi connectivity index (χ2n) is 8.91. The number of nitro benzene ring substituents is 1. The molecule has 0 radical (unpaired) electrons. The Morgan fingerprint density at radius 1 is 1.21 bits per heavy atom. The number of ether oxygens (including phenoxy) is 2. The molecular weight excluding hydrogens is 552 g/mol. The molecule has 0 fully saturated rings. The lowest BCUT2D eigenvalue weighted by Gasteiger charge is -2.14. The number of nitrogens with zero attached hydrogens (tertiary/aromatic N) is 4. The Kier molecular flexibility index (Phi) is 8.21. The lowest BCUT2D eigenvalue weighted by Crippen LogP contribution is -2.23. The van der Waals surface area contributed by atoms with Gasteiger partial charge in [0.05, 0.1) is 29.2 Å². The normalized spacial score (nSPS) is 12.1. The van der Waals surface area contributed by atoms with E-state index in [9.17, 15) is 14.9 Å². The first-order chi connectivity index (χ1) is 18.2. The molecule has 4 aromatic rings.